The Balaban J connectivity index is 1.18. The molecule has 0 saturated carbocycles. The third-order valence-corrected chi connectivity index (χ3v) is 7.52. The van der Waals surface area contributed by atoms with Crippen molar-refractivity contribution >= 4 is 5.57 Å². The Morgan fingerprint density at radius 1 is 0.906 bits per heavy atom. The Kier molecular flexibility index (Phi) is 6.13. The maximum atomic E-state index is 13.2. The summed E-state index contributed by atoms with van der Waals surface area (Å²) >= 11 is 0. The van der Waals surface area contributed by atoms with Gasteiger partial charge in [-0.2, -0.15) is 13.2 Å². The molecule has 0 aromatic heterocycles. The van der Waals surface area contributed by atoms with E-state index >= 15 is 0 Å². The van der Waals surface area contributed by atoms with Crippen LogP contribution < -0.4 is 0 Å². The van der Waals surface area contributed by atoms with Crippen molar-refractivity contribution in [2.75, 3.05) is 26.2 Å². The molecule has 1 aliphatic carbocycles. The lowest BCUT2D eigenvalue weighted by atomic mass is 9.90. The molecule has 5 rings (SSSR count). The Morgan fingerprint density at radius 3 is 2.44 bits per heavy atom. The number of hydrogen-bond acceptors (Lipinski definition) is 2. The van der Waals surface area contributed by atoms with Gasteiger partial charge in [0, 0.05) is 32.1 Å². The second kappa shape index (κ2) is 9.03. The summed E-state index contributed by atoms with van der Waals surface area (Å²) in [6, 6.07) is 18.0. The van der Waals surface area contributed by atoms with Gasteiger partial charge in [-0.05, 0) is 60.4 Å². The number of hydrogen-bond donors (Lipinski definition) is 0. The lowest BCUT2D eigenvalue weighted by molar-refractivity contribution is -0.175. The number of rotatable bonds is 6. The minimum absolute atomic E-state index is 0.237. The molecule has 2 aromatic rings. The van der Waals surface area contributed by atoms with Crippen LogP contribution in [0.5, 0.6) is 0 Å². The third-order valence-electron chi connectivity index (χ3n) is 7.52. The molecule has 2 aliphatic heterocycles. The molecule has 5 heteroatoms. The van der Waals surface area contributed by atoms with Crippen molar-refractivity contribution < 1.29 is 13.2 Å². The van der Waals surface area contributed by atoms with Crippen molar-refractivity contribution in [2.45, 2.75) is 44.4 Å². The van der Waals surface area contributed by atoms with Gasteiger partial charge in [0.15, 0.2) is 0 Å². The lowest BCUT2D eigenvalue weighted by Crippen LogP contribution is -2.42. The van der Waals surface area contributed by atoms with Gasteiger partial charge in [-0.1, -0.05) is 60.7 Å². The first-order chi connectivity index (χ1) is 15.5. The Bertz CT molecular complexity index is 936. The van der Waals surface area contributed by atoms with Gasteiger partial charge >= 0.3 is 6.18 Å². The van der Waals surface area contributed by atoms with Gasteiger partial charge in [0.25, 0.3) is 0 Å². The first-order valence-corrected chi connectivity index (χ1v) is 11.8. The van der Waals surface area contributed by atoms with Crippen molar-refractivity contribution in [1.82, 2.24) is 9.80 Å². The molecule has 0 bridgehead atoms. The predicted molar refractivity (Wildman–Crippen MR) is 122 cm³/mol. The van der Waals surface area contributed by atoms with Crippen LogP contribution in [0.4, 0.5) is 13.2 Å². The highest BCUT2D eigenvalue weighted by Gasteiger charge is 2.45. The van der Waals surface area contributed by atoms with Crippen molar-refractivity contribution in [1.29, 1.82) is 0 Å². The molecular formula is C27H31F3N2. The summed E-state index contributed by atoms with van der Waals surface area (Å²) in [5, 5.41) is 0. The smallest absolute Gasteiger partial charge is 0.298 e. The van der Waals surface area contributed by atoms with Gasteiger partial charge in [-0.25, -0.2) is 0 Å². The molecule has 170 valence electrons. The fourth-order valence-electron chi connectivity index (χ4n) is 5.89. The molecule has 0 N–H and O–H groups in total. The van der Waals surface area contributed by atoms with E-state index in [9.17, 15) is 13.2 Å². The van der Waals surface area contributed by atoms with Gasteiger partial charge in [0.2, 0.25) is 0 Å². The van der Waals surface area contributed by atoms with Crippen molar-refractivity contribution in [3.8, 4) is 0 Å². The molecule has 2 fully saturated rings. The van der Waals surface area contributed by atoms with Gasteiger partial charge < -0.3 is 0 Å². The van der Waals surface area contributed by atoms with E-state index in [1.54, 1.807) is 4.90 Å². The topological polar surface area (TPSA) is 6.48 Å². The van der Waals surface area contributed by atoms with Gasteiger partial charge in [0.1, 0.15) is 6.04 Å². The van der Waals surface area contributed by atoms with E-state index in [1.165, 1.54) is 16.7 Å². The Labute approximate surface area is 188 Å². The predicted octanol–water partition coefficient (Wildman–Crippen LogP) is 5.79. The molecule has 2 saturated heterocycles. The molecule has 3 aliphatic rings. The lowest BCUT2D eigenvalue weighted by Gasteiger charge is -2.26. The Morgan fingerprint density at radius 2 is 1.69 bits per heavy atom. The third kappa shape index (κ3) is 4.65. The van der Waals surface area contributed by atoms with Gasteiger partial charge in [-0.15, -0.1) is 0 Å². The quantitative estimate of drug-likeness (QED) is 0.561. The van der Waals surface area contributed by atoms with Crippen LogP contribution in [0.1, 0.15) is 36.0 Å². The van der Waals surface area contributed by atoms with Crippen LogP contribution in [0, 0.1) is 11.8 Å². The van der Waals surface area contributed by atoms with E-state index < -0.39 is 12.2 Å². The largest absolute Gasteiger partial charge is 0.404 e. The standard InChI is InChI=1S/C27H31F3N2/c28-27(29,30)26-7-4-15-32(26)16-14-20-8-10-22(11-9-20)24-13-12-23-18-31(19-25(23)24)17-21-5-2-1-3-6-21/h1-3,5-6,8-11,13,23,25-26H,4,7,12,14-19H2. The fraction of sp³-hybridized carbons (Fsp3) is 0.481. The fourth-order valence-corrected chi connectivity index (χ4v) is 5.89. The minimum Gasteiger partial charge on any atom is -0.298 e. The molecular weight excluding hydrogens is 409 g/mol. The monoisotopic (exact) mass is 440 g/mol. The molecule has 3 unspecified atom stereocenters. The van der Waals surface area contributed by atoms with Crippen molar-refractivity contribution in [2.24, 2.45) is 11.8 Å². The van der Waals surface area contributed by atoms with Crippen LogP contribution in [0.2, 0.25) is 0 Å². The van der Waals surface area contributed by atoms with E-state index in [4.69, 9.17) is 0 Å². The van der Waals surface area contributed by atoms with Crippen molar-refractivity contribution in [3.05, 3.63) is 77.4 Å². The second-order valence-corrected chi connectivity index (χ2v) is 9.62. The molecule has 0 spiro atoms. The molecule has 2 nitrogen and oxygen atoms in total. The van der Waals surface area contributed by atoms with Crippen LogP contribution in [-0.2, 0) is 13.0 Å². The molecule has 0 radical (unpaired) electrons. The minimum atomic E-state index is -4.11. The van der Waals surface area contributed by atoms with Crippen LogP contribution in [0.3, 0.4) is 0 Å². The van der Waals surface area contributed by atoms with Crippen LogP contribution >= 0.6 is 0 Å². The number of alkyl halides is 3. The summed E-state index contributed by atoms with van der Waals surface area (Å²) in [4.78, 5) is 4.18. The van der Waals surface area contributed by atoms with E-state index in [0.717, 1.165) is 31.6 Å². The summed E-state index contributed by atoms with van der Waals surface area (Å²) < 4.78 is 39.5. The van der Waals surface area contributed by atoms with E-state index in [1.807, 2.05) is 0 Å². The van der Waals surface area contributed by atoms with E-state index in [2.05, 4.69) is 65.6 Å². The highest BCUT2D eigenvalue weighted by Crippen LogP contribution is 2.43. The molecule has 2 aromatic carbocycles. The zero-order valence-corrected chi connectivity index (χ0v) is 18.4. The van der Waals surface area contributed by atoms with Crippen LogP contribution in [0.15, 0.2) is 60.7 Å². The van der Waals surface area contributed by atoms with Crippen molar-refractivity contribution in [3.63, 3.8) is 0 Å². The number of likely N-dealkylation sites (tertiary alicyclic amines) is 2. The summed E-state index contributed by atoms with van der Waals surface area (Å²) in [6.07, 6.45) is 0.981. The second-order valence-electron chi connectivity index (χ2n) is 9.62. The average Bonchev–Trinajstić information content (AvgIpc) is 3.49. The molecule has 0 amide bonds. The van der Waals surface area contributed by atoms with Crippen LogP contribution in [-0.4, -0.2) is 48.2 Å². The molecule has 32 heavy (non-hydrogen) atoms. The normalized spacial score (nSPS) is 26.5. The number of fused-ring (bicyclic) bond motifs is 1. The highest BCUT2D eigenvalue weighted by molar-refractivity contribution is 5.70. The first kappa shape index (κ1) is 21.7. The SMILES string of the molecule is FC(F)(F)C1CCCN1CCc1ccc(C2=CCC3CN(Cc4ccccc4)CC23)cc1. The zero-order valence-electron chi connectivity index (χ0n) is 18.4. The van der Waals surface area contributed by atoms with Gasteiger partial charge in [0.05, 0.1) is 0 Å². The maximum Gasteiger partial charge on any atom is 0.404 e. The average molecular weight is 441 g/mol. The number of allylic oxidation sites excluding steroid dienone is 1. The molecule has 2 heterocycles. The zero-order chi connectivity index (χ0) is 22.1. The summed E-state index contributed by atoms with van der Waals surface area (Å²) in [5.74, 6) is 1.28. The number of halogens is 3. The number of nitrogens with zero attached hydrogens (tertiary/aromatic N) is 2. The van der Waals surface area contributed by atoms with Gasteiger partial charge in [-0.3, -0.25) is 9.80 Å². The highest BCUT2D eigenvalue weighted by atomic mass is 19.4. The van der Waals surface area contributed by atoms with E-state index in [-0.39, 0.29) is 6.42 Å². The van der Waals surface area contributed by atoms with Crippen LogP contribution in [0.25, 0.3) is 5.57 Å². The molecule has 3 atom stereocenters. The summed E-state index contributed by atoms with van der Waals surface area (Å²) in [6.45, 7) is 4.29. The first-order valence-electron chi connectivity index (χ1n) is 11.8. The summed E-state index contributed by atoms with van der Waals surface area (Å²) in [7, 11) is 0. The van der Waals surface area contributed by atoms with E-state index in [0.29, 0.717) is 37.8 Å². The Hall–Kier alpha value is -2.11. The number of benzene rings is 2. The summed E-state index contributed by atoms with van der Waals surface area (Å²) in [5.41, 5.74) is 5.22. The maximum absolute atomic E-state index is 13.2.